The molecule has 1 aliphatic carbocycles. The summed E-state index contributed by atoms with van der Waals surface area (Å²) in [7, 11) is -3.17. The number of ketones is 1. The molecule has 3 rings (SSSR count). The zero-order valence-corrected chi connectivity index (χ0v) is 18.5. The van der Waals surface area contributed by atoms with Crippen molar-refractivity contribution in [3.05, 3.63) is 29.8 Å². The van der Waals surface area contributed by atoms with Gasteiger partial charge in [0.05, 0.1) is 28.8 Å². The molecular weight excluding hydrogens is 406 g/mol. The van der Waals surface area contributed by atoms with Crippen LogP contribution >= 0.6 is 0 Å². The molecule has 4 atom stereocenters. The number of hydrogen-bond acceptors (Lipinski definition) is 6. The first-order chi connectivity index (χ1) is 13.8. The van der Waals surface area contributed by atoms with E-state index < -0.39 is 44.6 Å². The minimum Gasteiger partial charge on any atom is -0.398 e. The monoisotopic (exact) mass is 435 g/mol. The number of para-hydroxylation sites is 1. The van der Waals surface area contributed by atoms with E-state index in [4.69, 9.17) is 5.73 Å². The molecule has 1 saturated carbocycles. The number of nitrogen functional groups attached to an aromatic ring is 1. The van der Waals surface area contributed by atoms with Gasteiger partial charge in [0.2, 0.25) is 11.8 Å². The number of nitrogens with two attached hydrogens (primary N) is 1. The summed E-state index contributed by atoms with van der Waals surface area (Å²) in [5.41, 5.74) is 4.73. The van der Waals surface area contributed by atoms with Crippen LogP contribution in [0.1, 0.15) is 44.5 Å². The third-order valence-electron chi connectivity index (χ3n) is 5.85. The van der Waals surface area contributed by atoms with E-state index in [1.54, 1.807) is 31.2 Å². The van der Waals surface area contributed by atoms with Crippen molar-refractivity contribution in [2.45, 2.75) is 45.7 Å². The van der Waals surface area contributed by atoms with E-state index in [0.29, 0.717) is 6.42 Å². The number of anilines is 1. The smallest absolute Gasteiger partial charge is 0.225 e. The minimum absolute atomic E-state index is 0.0211. The summed E-state index contributed by atoms with van der Waals surface area (Å²) in [6, 6.07) is 6.06. The molecule has 2 fully saturated rings. The molecule has 0 spiro atoms. The highest BCUT2D eigenvalue weighted by molar-refractivity contribution is 7.91. The average Bonchev–Trinajstić information content (AvgIpc) is 3.12. The second-order valence-electron chi connectivity index (χ2n) is 9.50. The number of amides is 2. The summed E-state index contributed by atoms with van der Waals surface area (Å²) in [6.07, 6.45) is 0.329. The third-order valence-corrected chi connectivity index (χ3v) is 7.62. The fourth-order valence-corrected chi connectivity index (χ4v) is 5.96. The molecule has 1 aromatic carbocycles. The van der Waals surface area contributed by atoms with Crippen LogP contribution in [0.25, 0.3) is 0 Å². The lowest BCUT2D eigenvalue weighted by atomic mass is 9.91. The molecule has 0 bridgehead atoms. The van der Waals surface area contributed by atoms with Gasteiger partial charge < -0.3 is 16.4 Å². The summed E-state index contributed by atoms with van der Waals surface area (Å²) < 4.78 is 23.4. The number of carbonyl (C=O) groups excluding carboxylic acids is 3. The molecule has 0 aromatic heterocycles. The lowest BCUT2D eigenvalue weighted by Gasteiger charge is -2.21. The van der Waals surface area contributed by atoms with Crippen LogP contribution in [-0.4, -0.2) is 49.1 Å². The summed E-state index contributed by atoms with van der Waals surface area (Å²) in [4.78, 5) is 39.3. The summed E-state index contributed by atoms with van der Waals surface area (Å²) in [5.74, 6) is -3.08. The highest BCUT2D eigenvalue weighted by Crippen LogP contribution is 2.61. The van der Waals surface area contributed by atoms with E-state index in [9.17, 15) is 22.8 Å². The zero-order valence-electron chi connectivity index (χ0n) is 17.7. The Morgan fingerprint density at radius 3 is 2.23 bits per heavy atom. The van der Waals surface area contributed by atoms with Crippen LogP contribution in [0.15, 0.2) is 24.3 Å². The van der Waals surface area contributed by atoms with E-state index in [0.717, 1.165) is 0 Å². The normalized spacial score (nSPS) is 29.8. The van der Waals surface area contributed by atoms with Crippen LogP contribution in [-0.2, 0) is 19.4 Å². The summed E-state index contributed by atoms with van der Waals surface area (Å²) in [6.45, 7) is 7.06. The van der Waals surface area contributed by atoms with Crippen molar-refractivity contribution in [2.75, 3.05) is 17.2 Å². The van der Waals surface area contributed by atoms with Crippen molar-refractivity contribution in [3.63, 3.8) is 0 Å². The molecule has 8 nitrogen and oxygen atoms in total. The Labute approximate surface area is 176 Å². The zero-order chi connectivity index (χ0) is 22.5. The van der Waals surface area contributed by atoms with Gasteiger partial charge in [-0.15, -0.1) is 0 Å². The van der Waals surface area contributed by atoms with Gasteiger partial charge in [0.25, 0.3) is 0 Å². The van der Waals surface area contributed by atoms with Crippen LogP contribution in [0.2, 0.25) is 0 Å². The van der Waals surface area contributed by atoms with E-state index in [1.807, 2.05) is 20.8 Å². The SMILES string of the molecule is CC(C)(C)NC(=O)[C@H]1[C@@H](C(=O)NC2CCS(=O)(=O)C2)[C@@]1(C)C(=O)c1ccccc1N. The Kier molecular flexibility index (Phi) is 5.47. The van der Waals surface area contributed by atoms with Gasteiger partial charge in [0.1, 0.15) is 0 Å². The highest BCUT2D eigenvalue weighted by Gasteiger charge is 2.72. The minimum atomic E-state index is -3.17. The number of sulfone groups is 1. The van der Waals surface area contributed by atoms with Crippen molar-refractivity contribution >= 4 is 33.1 Å². The highest BCUT2D eigenvalue weighted by atomic mass is 32.2. The number of hydrogen-bond donors (Lipinski definition) is 3. The van der Waals surface area contributed by atoms with E-state index in [2.05, 4.69) is 10.6 Å². The maximum Gasteiger partial charge on any atom is 0.225 e. The topological polar surface area (TPSA) is 135 Å². The van der Waals surface area contributed by atoms with Gasteiger partial charge in [-0.1, -0.05) is 19.1 Å². The number of rotatable bonds is 5. The maximum atomic E-state index is 13.3. The fourth-order valence-electron chi connectivity index (χ4n) is 4.28. The van der Waals surface area contributed by atoms with Crippen LogP contribution in [0.3, 0.4) is 0 Å². The molecule has 1 aromatic rings. The lowest BCUT2D eigenvalue weighted by molar-refractivity contribution is -0.128. The van der Waals surface area contributed by atoms with Crippen LogP contribution in [0.4, 0.5) is 5.69 Å². The van der Waals surface area contributed by atoms with E-state index in [-0.39, 0.29) is 34.4 Å². The molecule has 1 aliphatic heterocycles. The fraction of sp³-hybridized carbons (Fsp3) is 0.571. The average molecular weight is 436 g/mol. The molecule has 1 heterocycles. The van der Waals surface area contributed by atoms with Gasteiger partial charge in [-0.2, -0.15) is 0 Å². The van der Waals surface area contributed by atoms with Crippen LogP contribution in [0.5, 0.6) is 0 Å². The maximum absolute atomic E-state index is 13.3. The van der Waals surface area contributed by atoms with Gasteiger partial charge in [-0.25, -0.2) is 8.42 Å². The second-order valence-corrected chi connectivity index (χ2v) is 11.7. The molecule has 0 radical (unpaired) electrons. The van der Waals surface area contributed by atoms with E-state index >= 15 is 0 Å². The molecular formula is C21H29N3O5S. The Morgan fingerprint density at radius 1 is 1.10 bits per heavy atom. The lowest BCUT2D eigenvalue weighted by Crippen LogP contribution is -2.43. The van der Waals surface area contributed by atoms with Gasteiger partial charge in [0, 0.05) is 22.8 Å². The standard InChI is InChI=1S/C21H29N3O5S/c1-20(2,3)24-19(27)16-15(18(26)23-12-9-10-30(28,29)11-12)21(16,4)17(25)13-7-5-6-8-14(13)22/h5-8,12,15-16H,9-11,22H2,1-4H3,(H,23,26)(H,24,27)/t12?,15-,16+,21+/m0/s1. The molecule has 164 valence electrons. The number of carbonyl (C=O) groups is 3. The first-order valence-electron chi connectivity index (χ1n) is 9.98. The first kappa shape index (κ1) is 22.3. The van der Waals surface area contributed by atoms with Crippen molar-refractivity contribution < 1.29 is 22.8 Å². The number of benzene rings is 1. The van der Waals surface area contributed by atoms with Gasteiger partial charge >= 0.3 is 0 Å². The van der Waals surface area contributed by atoms with Crippen molar-refractivity contribution in [3.8, 4) is 0 Å². The predicted octanol–water partition coefficient (Wildman–Crippen LogP) is 0.922. The van der Waals surface area contributed by atoms with Gasteiger partial charge in [0.15, 0.2) is 15.6 Å². The summed E-state index contributed by atoms with van der Waals surface area (Å²) >= 11 is 0. The predicted molar refractivity (Wildman–Crippen MR) is 113 cm³/mol. The molecule has 2 amide bonds. The molecule has 2 aliphatic rings. The molecule has 30 heavy (non-hydrogen) atoms. The largest absolute Gasteiger partial charge is 0.398 e. The Morgan fingerprint density at radius 2 is 1.70 bits per heavy atom. The van der Waals surface area contributed by atoms with Crippen LogP contribution < -0.4 is 16.4 Å². The van der Waals surface area contributed by atoms with Gasteiger partial charge in [-0.3, -0.25) is 14.4 Å². The third kappa shape index (κ3) is 4.21. The Bertz CT molecular complexity index is 998. The Balaban J connectivity index is 1.88. The van der Waals surface area contributed by atoms with Crippen molar-refractivity contribution in [1.82, 2.24) is 10.6 Å². The second kappa shape index (κ2) is 7.37. The number of Topliss-reactive ketones (excluding diaryl/α,β-unsaturated/α-hetero) is 1. The van der Waals surface area contributed by atoms with Crippen LogP contribution in [0, 0.1) is 17.3 Å². The molecule has 1 unspecified atom stereocenters. The Hall–Kier alpha value is -2.42. The van der Waals surface area contributed by atoms with Gasteiger partial charge in [-0.05, 0) is 39.3 Å². The quantitative estimate of drug-likeness (QED) is 0.465. The van der Waals surface area contributed by atoms with Crippen molar-refractivity contribution in [2.24, 2.45) is 17.3 Å². The molecule has 1 saturated heterocycles. The van der Waals surface area contributed by atoms with Crippen molar-refractivity contribution in [1.29, 1.82) is 0 Å². The first-order valence-corrected chi connectivity index (χ1v) is 11.8. The molecule has 4 N–H and O–H groups in total. The summed E-state index contributed by atoms with van der Waals surface area (Å²) in [5, 5.41) is 5.59. The molecule has 9 heteroatoms. The number of nitrogens with one attached hydrogen (secondary N) is 2. The van der Waals surface area contributed by atoms with E-state index in [1.165, 1.54) is 0 Å².